The lowest BCUT2D eigenvalue weighted by molar-refractivity contribution is -0.132. The van der Waals surface area contributed by atoms with Crippen LogP contribution < -0.4 is 10.1 Å². The van der Waals surface area contributed by atoms with Crippen LogP contribution in [0.3, 0.4) is 0 Å². The number of ether oxygens (including phenoxy) is 1. The zero-order chi connectivity index (χ0) is 15.9. The molecule has 1 fully saturated rings. The first-order chi connectivity index (χ1) is 10.6. The van der Waals surface area contributed by atoms with E-state index in [1.807, 2.05) is 25.1 Å². The number of aliphatic hydroxyl groups is 1. The third kappa shape index (κ3) is 4.46. The lowest BCUT2D eigenvalue weighted by Gasteiger charge is -2.17. The highest BCUT2D eigenvalue weighted by molar-refractivity contribution is 5.81. The van der Waals surface area contributed by atoms with E-state index in [-0.39, 0.29) is 12.5 Å². The van der Waals surface area contributed by atoms with E-state index in [1.54, 1.807) is 11.0 Å². The molecular formula is C16H22N2O4. The molecule has 2 amide bonds. The summed E-state index contributed by atoms with van der Waals surface area (Å²) in [6.07, 6.45) is 0.231. The quantitative estimate of drug-likeness (QED) is 0.768. The van der Waals surface area contributed by atoms with Crippen LogP contribution in [-0.2, 0) is 9.59 Å². The Morgan fingerprint density at radius 1 is 1.45 bits per heavy atom. The smallest absolute Gasteiger partial charge is 0.252 e. The SMILES string of the molecule is Cc1ccccc1OCC(O)C(=O)NCCN1CCCC1=O. The Morgan fingerprint density at radius 3 is 2.91 bits per heavy atom. The molecule has 0 aromatic heterocycles. The first-order valence-corrected chi connectivity index (χ1v) is 7.50. The summed E-state index contributed by atoms with van der Waals surface area (Å²) in [4.78, 5) is 24.9. The number of nitrogens with zero attached hydrogens (tertiary/aromatic N) is 1. The van der Waals surface area contributed by atoms with Crippen LogP contribution in [0.4, 0.5) is 0 Å². The Hall–Kier alpha value is -2.08. The fourth-order valence-electron chi connectivity index (χ4n) is 2.34. The van der Waals surface area contributed by atoms with Crippen LogP contribution in [0.2, 0.25) is 0 Å². The molecule has 0 spiro atoms. The predicted octanol–water partition coefficient (Wildman–Crippen LogP) is 0.473. The average molecular weight is 306 g/mol. The van der Waals surface area contributed by atoms with Gasteiger partial charge in [0.05, 0.1) is 0 Å². The van der Waals surface area contributed by atoms with E-state index in [0.29, 0.717) is 25.3 Å². The zero-order valence-corrected chi connectivity index (χ0v) is 12.7. The molecule has 0 bridgehead atoms. The second-order valence-electron chi connectivity index (χ2n) is 5.37. The first-order valence-electron chi connectivity index (χ1n) is 7.50. The minimum absolute atomic E-state index is 0.0979. The van der Waals surface area contributed by atoms with Crippen molar-refractivity contribution in [1.29, 1.82) is 0 Å². The van der Waals surface area contributed by atoms with Gasteiger partial charge in [-0.25, -0.2) is 0 Å². The first kappa shape index (κ1) is 16.3. The van der Waals surface area contributed by atoms with Gasteiger partial charge in [0.25, 0.3) is 5.91 Å². The number of hydrogen-bond acceptors (Lipinski definition) is 4. The number of para-hydroxylation sites is 1. The molecule has 2 N–H and O–H groups in total. The van der Waals surface area contributed by atoms with Gasteiger partial charge in [-0.2, -0.15) is 0 Å². The summed E-state index contributed by atoms with van der Waals surface area (Å²) in [6, 6.07) is 7.42. The van der Waals surface area contributed by atoms with Crippen molar-refractivity contribution in [3.63, 3.8) is 0 Å². The summed E-state index contributed by atoms with van der Waals surface area (Å²) >= 11 is 0. The normalized spacial score (nSPS) is 15.7. The van der Waals surface area contributed by atoms with Crippen LogP contribution >= 0.6 is 0 Å². The highest BCUT2D eigenvalue weighted by atomic mass is 16.5. The highest BCUT2D eigenvalue weighted by Crippen LogP contribution is 2.16. The third-order valence-corrected chi connectivity index (χ3v) is 3.65. The second-order valence-corrected chi connectivity index (χ2v) is 5.37. The van der Waals surface area contributed by atoms with Gasteiger partial charge >= 0.3 is 0 Å². The predicted molar refractivity (Wildman–Crippen MR) is 81.5 cm³/mol. The standard InChI is InChI=1S/C16H22N2O4/c1-12-5-2-3-6-14(12)22-11-13(19)16(21)17-8-10-18-9-4-7-15(18)20/h2-3,5-6,13,19H,4,7-11H2,1H3,(H,17,21). The second kappa shape index (κ2) is 7.79. The third-order valence-electron chi connectivity index (χ3n) is 3.65. The van der Waals surface area contributed by atoms with E-state index < -0.39 is 12.0 Å². The lowest BCUT2D eigenvalue weighted by Crippen LogP contribution is -2.42. The molecule has 1 aromatic rings. The summed E-state index contributed by atoms with van der Waals surface area (Å²) in [6.45, 7) is 3.36. The lowest BCUT2D eigenvalue weighted by atomic mass is 10.2. The molecule has 1 saturated heterocycles. The molecule has 6 nitrogen and oxygen atoms in total. The minimum atomic E-state index is -1.23. The van der Waals surface area contributed by atoms with Gasteiger partial charge in [0.15, 0.2) is 6.10 Å². The van der Waals surface area contributed by atoms with Crippen molar-refractivity contribution in [3.05, 3.63) is 29.8 Å². The van der Waals surface area contributed by atoms with Gasteiger partial charge in [-0.15, -0.1) is 0 Å². The maximum Gasteiger partial charge on any atom is 0.252 e. The van der Waals surface area contributed by atoms with Crippen molar-refractivity contribution in [2.45, 2.75) is 25.9 Å². The van der Waals surface area contributed by atoms with E-state index in [9.17, 15) is 14.7 Å². The fourth-order valence-corrected chi connectivity index (χ4v) is 2.34. The molecule has 1 aliphatic rings. The number of aliphatic hydroxyl groups excluding tert-OH is 1. The van der Waals surface area contributed by atoms with Crippen LogP contribution in [-0.4, -0.2) is 54.2 Å². The molecule has 1 heterocycles. The van der Waals surface area contributed by atoms with Gasteiger partial charge in [0, 0.05) is 26.1 Å². The average Bonchev–Trinajstić information content (AvgIpc) is 2.91. The number of amides is 2. The Kier molecular flexibility index (Phi) is 5.77. The Labute approximate surface area is 130 Å². The van der Waals surface area contributed by atoms with E-state index in [2.05, 4.69) is 5.32 Å². The van der Waals surface area contributed by atoms with Crippen LogP contribution in [0.5, 0.6) is 5.75 Å². The van der Waals surface area contributed by atoms with Gasteiger partial charge in [-0.05, 0) is 25.0 Å². The summed E-state index contributed by atoms with van der Waals surface area (Å²) in [5.74, 6) is 0.287. The van der Waals surface area contributed by atoms with Gasteiger partial charge in [0.1, 0.15) is 12.4 Å². The fraction of sp³-hybridized carbons (Fsp3) is 0.500. The van der Waals surface area contributed by atoms with Gasteiger partial charge in [-0.3, -0.25) is 9.59 Å². The van der Waals surface area contributed by atoms with Crippen molar-refractivity contribution < 1.29 is 19.4 Å². The molecule has 120 valence electrons. The van der Waals surface area contributed by atoms with Crippen molar-refractivity contribution in [2.75, 3.05) is 26.2 Å². The van der Waals surface area contributed by atoms with E-state index in [0.717, 1.165) is 18.5 Å². The van der Waals surface area contributed by atoms with Crippen LogP contribution in [0.25, 0.3) is 0 Å². The van der Waals surface area contributed by atoms with Crippen molar-refractivity contribution in [2.24, 2.45) is 0 Å². The zero-order valence-electron chi connectivity index (χ0n) is 12.7. The maximum absolute atomic E-state index is 11.8. The summed E-state index contributed by atoms with van der Waals surface area (Å²) in [5.41, 5.74) is 0.947. The maximum atomic E-state index is 11.8. The molecule has 1 aliphatic heterocycles. The van der Waals surface area contributed by atoms with E-state index in [1.165, 1.54) is 0 Å². The number of likely N-dealkylation sites (tertiary alicyclic amines) is 1. The monoisotopic (exact) mass is 306 g/mol. The number of nitrogens with one attached hydrogen (secondary N) is 1. The van der Waals surface area contributed by atoms with E-state index >= 15 is 0 Å². The number of aryl methyl sites for hydroxylation is 1. The largest absolute Gasteiger partial charge is 0.490 e. The molecule has 2 rings (SSSR count). The Bertz CT molecular complexity index is 533. The number of benzene rings is 1. The molecule has 0 saturated carbocycles. The summed E-state index contributed by atoms with van der Waals surface area (Å²) < 4.78 is 5.44. The van der Waals surface area contributed by atoms with Gasteiger partial charge in [0.2, 0.25) is 5.91 Å². The van der Waals surface area contributed by atoms with Crippen molar-refractivity contribution in [3.8, 4) is 5.75 Å². The summed E-state index contributed by atoms with van der Waals surface area (Å²) in [5, 5.41) is 12.4. The van der Waals surface area contributed by atoms with Crippen LogP contribution in [0.1, 0.15) is 18.4 Å². The highest BCUT2D eigenvalue weighted by Gasteiger charge is 2.20. The topological polar surface area (TPSA) is 78.9 Å². The minimum Gasteiger partial charge on any atom is -0.490 e. The summed E-state index contributed by atoms with van der Waals surface area (Å²) in [7, 11) is 0. The van der Waals surface area contributed by atoms with Crippen LogP contribution in [0, 0.1) is 6.92 Å². The van der Waals surface area contributed by atoms with Gasteiger partial charge in [-0.1, -0.05) is 18.2 Å². The number of rotatable bonds is 7. The molecule has 1 aromatic carbocycles. The Balaban J connectivity index is 1.68. The molecule has 22 heavy (non-hydrogen) atoms. The van der Waals surface area contributed by atoms with E-state index in [4.69, 9.17) is 4.74 Å². The molecule has 6 heteroatoms. The number of carbonyl (C=O) groups excluding carboxylic acids is 2. The molecular weight excluding hydrogens is 284 g/mol. The molecule has 0 aliphatic carbocycles. The van der Waals surface area contributed by atoms with Crippen molar-refractivity contribution in [1.82, 2.24) is 10.2 Å². The van der Waals surface area contributed by atoms with Crippen LogP contribution in [0.15, 0.2) is 24.3 Å². The molecule has 0 radical (unpaired) electrons. The number of carbonyl (C=O) groups is 2. The molecule has 1 atom stereocenters. The van der Waals surface area contributed by atoms with Gasteiger partial charge < -0.3 is 20.1 Å². The number of hydrogen-bond donors (Lipinski definition) is 2. The Morgan fingerprint density at radius 2 is 2.23 bits per heavy atom. The molecule has 1 unspecified atom stereocenters. The van der Waals surface area contributed by atoms with Crippen molar-refractivity contribution >= 4 is 11.8 Å².